The largest absolute Gasteiger partial charge is 0.481 e. The van der Waals surface area contributed by atoms with Crippen LogP contribution in [0.3, 0.4) is 0 Å². The second-order valence-electron chi connectivity index (χ2n) is 5.08. The van der Waals surface area contributed by atoms with E-state index in [0.29, 0.717) is 12.4 Å². The van der Waals surface area contributed by atoms with E-state index in [0.717, 1.165) is 22.0 Å². The van der Waals surface area contributed by atoms with Crippen molar-refractivity contribution in [3.63, 3.8) is 0 Å². The third-order valence-electron chi connectivity index (χ3n) is 3.47. The number of nitrogens with one attached hydrogen (secondary N) is 2. The van der Waals surface area contributed by atoms with Gasteiger partial charge in [-0.1, -0.05) is 36.4 Å². The molecule has 5 heteroatoms. The first-order chi connectivity index (χ1) is 11.2. The highest BCUT2D eigenvalue weighted by Crippen LogP contribution is 2.18. The first-order valence-corrected chi connectivity index (χ1v) is 7.27. The van der Waals surface area contributed by atoms with Gasteiger partial charge in [0.2, 0.25) is 5.88 Å². The van der Waals surface area contributed by atoms with Crippen LogP contribution in [0.4, 0.5) is 10.5 Å². The molecule has 0 bridgehead atoms. The Kier molecular flexibility index (Phi) is 4.38. The molecular weight excluding hydrogens is 290 g/mol. The molecular formula is C18H17N3O2. The maximum absolute atomic E-state index is 12.0. The number of methoxy groups -OCH3 is 1. The Morgan fingerprint density at radius 2 is 1.91 bits per heavy atom. The van der Waals surface area contributed by atoms with Gasteiger partial charge in [-0.3, -0.25) is 0 Å². The number of aromatic nitrogens is 1. The Labute approximate surface area is 134 Å². The molecule has 116 valence electrons. The molecule has 2 N–H and O–H groups in total. The van der Waals surface area contributed by atoms with Gasteiger partial charge in [-0.05, 0) is 28.5 Å². The van der Waals surface area contributed by atoms with Gasteiger partial charge in [0.15, 0.2) is 0 Å². The van der Waals surface area contributed by atoms with Gasteiger partial charge in [0.05, 0.1) is 7.11 Å². The molecule has 2 aromatic carbocycles. The number of benzene rings is 2. The van der Waals surface area contributed by atoms with Crippen molar-refractivity contribution in [2.75, 3.05) is 12.4 Å². The highest BCUT2D eigenvalue weighted by Gasteiger charge is 2.03. The average molecular weight is 307 g/mol. The van der Waals surface area contributed by atoms with E-state index < -0.39 is 0 Å². The number of carbonyl (C=O) groups is 1. The second kappa shape index (κ2) is 6.79. The Bertz CT molecular complexity index is 816. The minimum atomic E-state index is -0.254. The summed E-state index contributed by atoms with van der Waals surface area (Å²) in [5, 5.41) is 7.86. The summed E-state index contributed by atoms with van der Waals surface area (Å²) < 4.78 is 5.00. The summed E-state index contributed by atoms with van der Waals surface area (Å²) in [4.78, 5) is 16.1. The molecule has 1 heterocycles. The molecule has 0 radical (unpaired) electrons. The van der Waals surface area contributed by atoms with Crippen LogP contribution < -0.4 is 15.4 Å². The summed E-state index contributed by atoms with van der Waals surface area (Å²) in [5.41, 5.74) is 1.66. The number of nitrogens with zero attached hydrogens (tertiary/aromatic N) is 1. The third kappa shape index (κ3) is 3.77. The van der Waals surface area contributed by atoms with Crippen LogP contribution in [0.1, 0.15) is 5.56 Å². The highest BCUT2D eigenvalue weighted by atomic mass is 16.5. The number of hydrogen-bond donors (Lipinski definition) is 2. The van der Waals surface area contributed by atoms with Gasteiger partial charge in [0, 0.05) is 24.5 Å². The molecule has 23 heavy (non-hydrogen) atoms. The monoisotopic (exact) mass is 307 g/mol. The quantitative estimate of drug-likeness (QED) is 0.774. The zero-order valence-corrected chi connectivity index (χ0v) is 12.7. The van der Waals surface area contributed by atoms with Gasteiger partial charge in [-0.2, -0.15) is 0 Å². The predicted molar refractivity (Wildman–Crippen MR) is 90.6 cm³/mol. The Morgan fingerprint density at radius 3 is 2.65 bits per heavy atom. The molecule has 0 aliphatic rings. The van der Waals surface area contributed by atoms with Crippen LogP contribution in [0, 0.1) is 0 Å². The summed E-state index contributed by atoms with van der Waals surface area (Å²) in [7, 11) is 1.57. The fraction of sp³-hybridized carbons (Fsp3) is 0.111. The van der Waals surface area contributed by atoms with Gasteiger partial charge < -0.3 is 15.4 Å². The standard InChI is InChI=1S/C18H17N3O2/c1-23-17-9-6-13(11-19-17)12-20-18(22)21-16-8-7-14-4-2-3-5-15(14)10-16/h2-11H,12H2,1H3,(H2,20,21,22). The molecule has 2 amide bonds. The molecule has 0 atom stereocenters. The lowest BCUT2D eigenvalue weighted by molar-refractivity contribution is 0.251. The summed E-state index contributed by atoms with van der Waals surface area (Å²) >= 11 is 0. The minimum absolute atomic E-state index is 0.254. The van der Waals surface area contributed by atoms with Crippen molar-refractivity contribution < 1.29 is 9.53 Å². The number of fused-ring (bicyclic) bond motifs is 1. The number of anilines is 1. The Hall–Kier alpha value is -3.08. The van der Waals surface area contributed by atoms with E-state index >= 15 is 0 Å². The van der Waals surface area contributed by atoms with E-state index in [-0.39, 0.29) is 6.03 Å². The number of urea groups is 1. The van der Waals surface area contributed by atoms with E-state index in [1.807, 2.05) is 48.5 Å². The lowest BCUT2D eigenvalue weighted by Gasteiger charge is -2.09. The van der Waals surface area contributed by atoms with Crippen molar-refractivity contribution in [2.24, 2.45) is 0 Å². The molecule has 3 rings (SSSR count). The van der Waals surface area contributed by atoms with E-state index in [1.54, 1.807) is 19.4 Å². The number of ether oxygens (including phenoxy) is 1. The van der Waals surface area contributed by atoms with Crippen molar-refractivity contribution in [2.45, 2.75) is 6.54 Å². The summed E-state index contributed by atoms with van der Waals surface area (Å²) in [6.45, 7) is 0.399. The number of hydrogen-bond acceptors (Lipinski definition) is 3. The summed E-state index contributed by atoms with van der Waals surface area (Å²) in [5.74, 6) is 0.550. The van der Waals surface area contributed by atoms with Crippen LogP contribution in [0.5, 0.6) is 5.88 Å². The van der Waals surface area contributed by atoms with Crippen molar-refractivity contribution >= 4 is 22.5 Å². The van der Waals surface area contributed by atoms with E-state index in [4.69, 9.17) is 4.74 Å². The molecule has 0 aliphatic carbocycles. The van der Waals surface area contributed by atoms with Gasteiger partial charge >= 0.3 is 6.03 Å². The molecule has 1 aromatic heterocycles. The summed E-state index contributed by atoms with van der Waals surface area (Å²) in [6.07, 6.45) is 1.68. The molecule has 0 unspecified atom stereocenters. The maximum Gasteiger partial charge on any atom is 0.319 e. The second-order valence-corrected chi connectivity index (χ2v) is 5.08. The molecule has 0 aliphatic heterocycles. The lowest BCUT2D eigenvalue weighted by atomic mass is 10.1. The average Bonchev–Trinajstić information content (AvgIpc) is 2.60. The fourth-order valence-electron chi connectivity index (χ4n) is 2.26. The zero-order chi connectivity index (χ0) is 16.1. The van der Waals surface area contributed by atoms with Crippen molar-refractivity contribution in [1.29, 1.82) is 0 Å². The van der Waals surface area contributed by atoms with Crippen molar-refractivity contribution in [3.05, 3.63) is 66.4 Å². The fourth-order valence-corrected chi connectivity index (χ4v) is 2.26. The third-order valence-corrected chi connectivity index (χ3v) is 3.47. The molecule has 0 saturated heterocycles. The lowest BCUT2D eigenvalue weighted by Crippen LogP contribution is -2.28. The Morgan fingerprint density at radius 1 is 1.09 bits per heavy atom. The van der Waals surface area contributed by atoms with Crippen LogP contribution in [0.25, 0.3) is 10.8 Å². The molecule has 0 saturated carbocycles. The molecule has 0 fully saturated rings. The molecule has 5 nitrogen and oxygen atoms in total. The van der Waals surface area contributed by atoms with Gasteiger partial charge in [-0.25, -0.2) is 9.78 Å². The van der Waals surface area contributed by atoms with Crippen LogP contribution >= 0.6 is 0 Å². The smallest absolute Gasteiger partial charge is 0.319 e. The SMILES string of the molecule is COc1ccc(CNC(=O)Nc2ccc3ccccc3c2)cn1. The summed E-state index contributed by atoms with van der Waals surface area (Å²) in [6, 6.07) is 17.2. The maximum atomic E-state index is 12.0. The van der Waals surface area contributed by atoms with Crippen molar-refractivity contribution in [1.82, 2.24) is 10.3 Å². The van der Waals surface area contributed by atoms with Gasteiger partial charge in [-0.15, -0.1) is 0 Å². The molecule has 0 spiro atoms. The van der Waals surface area contributed by atoms with Crippen LogP contribution in [-0.2, 0) is 6.54 Å². The Balaban J connectivity index is 1.59. The van der Waals surface area contributed by atoms with Gasteiger partial charge in [0.25, 0.3) is 0 Å². The van der Waals surface area contributed by atoms with Crippen LogP contribution in [0.2, 0.25) is 0 Å². The molecule has 3 aromatic rings. The van der Waals surface area contributed by atoms with E-state index in [1.165, 1.54) is 0 Å². The number of amides is 2. The van der Waals surface area contributed by atoms with Crippen molar-refractivity contribution in [3.8, 4) is 5.88 Å². The van der Waals surface area contributed by atoms with Crippen LogP contribution in [0.15, 0.2) is 60.8 Å². The van der Waals surface area contributed by atoms with Gasteiger partial charge in [0.1, 0.15) is 0 Å². The van der Waals surface area contributed by atoms with Crippen LogP contribution in [-0.4, -0.2) is 18.1 Å². The zero-order valence-electron chi connectivity index (χ0n) is 12.7. The number of pyridine rings is 1. The van der Waals surface area contributed by atoms with E-state index in [2.05, 4.69) is 15.6 Å². The van der Waals surface area contributed by atoms with E-state index in [9.17, 15) is 4.79 Å². The first kappa shape index (κ1) is 14.8. The first-order valence-electron chi connectivity index (χ1n) is 7.27. The highest BCUT2D eigenvalue weighted by molar-refractivity contribution is 5.93. The topological polar surface area (TPSA) is 63.2 Å². The predicted octanol–water partition coefficient (Wildman–Crippen LogP) is 3.57. The normalized spacial score (nSPS) is 10.3. The number of rotatable bonds is 4. The minimum Gasteiger partial charge on any atom is -0.481 e. The number of carbonyl (C=O) groups excluding carboxylic acids is 1.